The number of aromatic nitrogens is 4. The van der Waals surface area contributed by atoms with Crippen molar-refractivity contribution in [2.24, 2.45) is 11.7 Å². The average molecular weight is 334 g/mol. The molecule has 1 fully saturated rings. The van der Waals surface area contributed by atoms with Crippen molar-refractivity contribution in [1.29, 1.82) is 0 Å². The van der Waals surface area contributed by atoms with E-state index in [1.165, 1.54) is 22.9 Å². The van der Waals surface area contributed by atoms with E-state index in [2.05, 4.69) is 15.2 Å². The summed E-state index contributed by atoms with van der Waals surface area (Å²) in [5, 5.41) is 6.78. The van der Waals surface area contributed by atoms with Crippen LogP contribution in [-0.4, -0.2) is 19.7 Å². The largest absolute Gasteiger partial charge is 0.321 e. The predicted octanol–water partition coefficient (Wildman–Crippen LogP) is 2.31. The number of hydrogen-bond acceptors (Lipinski definition) is 4. The van der Waals surface area contributed by atoms with Crippen molar-refractivity contribution in [2.45, 2.75) is 18.9 Å². The van der Waals surface area contributed by atoms with Gasteiger partial charge in [-0.3, -0.25) is 9.89 Å². The van der Waals surface area contributed by atoms with Crippen molar-refractivity contribution < 1.29 is 4.39 Å². The third kappa shape index (κ3) is 2.24. The third-order valence-electron chi connectivity index (χ3n) is 4.11. The minimum Gasteiger partial charge on any atom is -0.321 e. The molecule has 0 saturated heterocycles. The second kappa shape index (κ2) is 5.14. The lowest BCUT2D eigenvalue weighted by molar-refractivity contribution is 0.567. The summed E-state index contributed by atoms with van der Waals surface area (Å²) in [6.07, 6.45) is 3.46. The van der Waals surface area contributed by atoms with E-state index in [4.69, 9.17) is 17.3 Å². The number of H-pyrrole nitrogens is 1. The molecule has 2 heterocycles. The van der Waals surface area contributed by atoms with Gasteiger partial charge in [-0.25, -0.2) is 13.9 Å². The Morgan fingerprint density at radius 2 is 2.17 bits per heavy atom. The van der Waals surface area contributed by atoms with E-state index in [1.807, 2.05) is 0 Å². The molecule has 1 aliphatic carbocycles. The Kier molecular flexibility index (Phi) is 3.21. The van der Waals surface area contributed by atoms with E-state index in [9.17, 15) is 9.18 Å². The molecule has 0 amide bonds. The zero-order chi connectivity index (χ0) is 16.1. The van der Waals surface area contributed by atoms with Gasteiger partial charge in [-0.1, -0.05) is 11.6 Å². The molecule has 0 aliphatic heterocycles. The molecule has 1 aliphatic rings. The first-order valence-electron chi connectivity index (χ1n) is 7.24. The summed E-state index contributed by atoms with van der Waals surface area (Å²) in [6, 6.07) is 3.73. The summed E-state index contributed by atoms with van der Waals surface area (Å²) >= 11 is 6.10. The van der Waals surface area contributed by atoms with E-state index in [1.54, 1.807) is 6.07 Å². The molecule has 1 atom stereocenters. The fourth-order valence-electron chi connectivity index (χ4n) is 2.73. The lowest BCUT2D eigenvalue weighted by Crippen LogP contribution is -2.30. The molecule has 1 aromatic carbocycles. The van der Waals surface area contributed by atoms with Crippen LogP contribution < -0.4 is 11.3 Å². The maximum atomic E-state index is 14.2. The highest BCUT2D eigenvalue weighted by Crippen LogP contribution is 2.39. The van der Waals surface area contributed by atoms with Crippen LogP contribution in [0.3, 0.4) is 0 Å². The zero-order valence-electron chi connectivity index (χ0n) is 12.0. The minimum atomic E-state index is -0.595. The summed E-state index contributed by atoms with van der Waals surface area (Å²) in [4.78, 5) is 17.3. The first kappa shape index (κ1) is 14.3. The molecule has 6 nitrogen and oxygen atoms in total. The number of nitrogens with two attached hydrogens (primary N) is 1. The van der Waals surface area contributed by atoms with Crippen LogP contribution in [0, 0.1) is 11.7 Å². The topological polar surface area (TPSA) is 89.6 Å². The first-order valence-corrected chi connectivity index (χ1v) is 7.61. The van der Waals surface area contributed by atoms with Crippen molar-refractivity contribution in [3.8, 4) is 5.82 Å². The summed E-state index contributed by atoms with van der Waals surface area (Å²) in [5.74, 6) is 0.393. The number of halogens is 2. The molecular formula is C15H13ClFN5O. The first-order chi connectivity index (χ1) is 11.1. The summed E-state index contributed by atoms with van der Waals surface area (Å²) in [6.45, 7) is 0. The summed E-state index contributed by atoms with van der Waals surface area (Å²) < 4.78 is 15.5. The number of aromatic amines is 1. The Hall–Kier alpha value is -2.25. The van der Waals surface area contributed by atoms with E-state index in [-0.39, 0.29) is 21.8 Å². The second-order valence-corrected chi connectivity index (χ2v) is 6.08. The van der Waals surface area contributed by atoms with Crippen LogP contribution in [0.2, 0.25) is 5.02 Å². The van der Waals surface area contributed by atoms with Gasteiger partial charge in [0.05, 0.1) is 22.6 Å². The molecule has 0 spiro atoms. The van der Waals surface area contributed by atoms with Gasteiger partial charge in [0.15, 0.2) is 0 Å². The van der Waals surface area contributed by atoms with Gasteiger partial charge < -0.3 is 5.73 Å². The number of fused-ring (bicyclic) bond motifs is 1. The molecule has 118 valence electrons. The Balaban J connectivity index is 2.11. The van der Waals surface area contributed by atoms with E-state index >= 15 is 0 Å². The van der Waals surface area contributed by atoms with Gasteiger partial charge in [0.25, 0.3) is 5.56 Å². The molecule has 1 saturated carbocycles. The Morgan fingerprint density at radius 1 is 1.39 bits per heavy atom. The Labute approximate surface area is 135 Å². The molecule has 23 heavy (non-hydrogen) atoms. The van der Waals surface area contributed by atoms with Crippen molar-refractivity contribution >= 4 is 22.5 Å². The number of nitrogens with zero attached hydrogens (tertiary/aromatic N) is 3. The van der Waals surface area contributed by atoms with Crippen molar-refractivity contribution in [3.05, 3.63) is 51.4 Å². The zero-order valence-corrected chi connectivity index (χ0v) is 12.7. The Morgan fingerprint density at radius 3 is 2.83 bits per heavy atom. The lowest BCUT2D eigenvalue weighted by atomic mass is 10.1. The number of rotatable bonds is 3. The van der Waals surface area contributed by atoms with Gasteiger partial charge in [-0.15, -0.1) is 0 Å². The van der Waals surface area contributed by atoms with E-state index in [0.29, 0.717) is 11.6 Å². The third-order valence-corrected chi connectivity index (χ3v) is 4.42. The highest BCUT2D eigenvalue weighted by Gasteiger charge is 2.33. The monoisotopic (exact) mass is 333 g/mol. The molecule has 1 unspecified atom stereocenters. The fourth-order valence-corrected chi connectivity index (χ4v) is 2.96. The van der Waals surface area contributed by atoms with Crippen LogP contribution in [0.1, 0.15) is 24.7 Å². The standard InChI is InChI=1S/C15H13ClFN5O/c16-8-3-4-9(17)13-11(8)15(23)22(10-5-6-19-21-10)14(20-13)12(18)7-1-2-7/h3-7,12H,1-2,18H2,(H,19,21). The van der Waals surface area contributed by atoms with Crippen LogP contribution in [0.5, 0.6) is 0 Å². The fraction of sp³-hybridized carbons (Fsp3) is 0.267. The van der Waals surface area contributed by atoms with Gasteiger partial charge in [0.1, 0.15) is 23.0 Å². The van der Waals surface area contributed by atoms with Gasteiger partial charge in [0, 0.05) is 6.07 Å². The smallest absolute Gasteiger partial charge is 0.268 e. The summed E-state index contributed by atoms with van der Waals surface area (Å²) in [5.41, 5.74) is 5.73. The molecule has 4 rings (SSSR count). The van der Waals surface area contributed by atoms with Crippen LogP contribution in [0.25, 0.3) is 16.7 Å². The number of hydrogen-bond donors (Lipinski definition) is 2. The van der Waals surface area contributed by atoms with Crippen LogP contribution in [0.4, 0.5) is 4.39 Å². The maximum Gasteiger partial charge on any atom is 0.268 e. The molecule has 0 bridgehead atoms. The molecule has 3 N–H and O–H groups in total. The van der Waals surface area contributed by atoms with Crippen molar-refractivity contribution in [3.63, 3.8) is 0 Å². The molecule has 3 aromatic rings. The van der Waals surface area contributed by atoms with Gasteiger partial charge >= 0.3 is 0 Å². The van der Waals surface area contributed by atoms with Gasteiger partial charge in [-0.05, 0) is 30.9 Å². The van der Waals surface area contributed by atoms with Crippen LogP contribution in [-0.2, 0) is 0 Å². The van der Waals surface area contributed by atoms with E-state index in [0.717, 1.165) is 12.8 Å². The van der Waals surface area contributed by atoms with Crippen LogP contribution >= 0.6 is 11.6 Å². The minimum absolute atomic E-state index is 0.0352. The van der Waals surface area contributed by atoms with Crippen molar-refractivity contribution in [2.75, 3.05) is 0 Å². The second-order valence-electron chi connectivity index (χ2n) is 5.67. The highest BCUT2D eigenvalue weighted by molar-refractivity contribution is 6.35. The normalized spacial score (nSPS) is 16.0. The highest BCUT2D eigenvalue weighted by atomic mass is 35.5. The number of benzene rings is 1. The summed E-state index contributed by atoms with van der Waals surface area (Å²) in [7, 11) is 0. The molecule has 8 heteroatoms. The molecule has 2 aromatic heterocycles. The van der Waals surface area contributed by atoms with Gasteiger partial charge in [-0.2, -0.15) is 5.10 Å². The average Bonchev–Trinajstić information content (AvgIpc) is 3.25. The lowest BCUT2D eigenvalue weighted by Gasteiger charge is -2.17. The predicted molar refractivity (Wildman–Crippen MR) is 84.1 cm³/mol. The molecular weight excluding hydrogens is 321 g/mol. The molecule has 0 radical (unpaired) electrons. The van der Waals surface area contributed by atoms with Crippen LogP contribution in [0.15, 0.2) is 29.2 Å². The van der Waals surface area contributed by atoms with E-state index < -0.39 is 17.4 Å². The van der Waals surface area contributed by atoms with Gasteiger partial charge in [0.2, 0.25) is 0 Å². The Bertz CT molecular complexity index is 949. The quantitative estimate of drug-likeness (QED) is 0.769. The maximum absolute atomic E-state index is 14.2. The number of nitrogens with one attached hydrogen (secondary N) is 1. The SMILES string of the molecule is NC(c1nc2c(F)ccc(Cl)c2c(=O)n1-c1ccn[nH]1)C1CC1. The van der Waals surface area contributed by atoms with Crippen molar-refractivity contribution in [1.82, 2.24) is 19.7 Å².